The summed E-state index contributed by atoms with van der Waals surface area (Å²) in [5, 5.41) is 4.23. The van der Waals surface area contributed by atoms with Gasteiger partial charge < -0.3 is 10.1 Å². The molecule has 0 aliphatic carbocycles. The zero-order chi connectivity index (χ0) is 13.3. The van der Waals surface area contributed by atoms with Crippen molar-refractivity contribution in [3.63, 3.8) is 0 Å². The zero-order valence-electron chi connectivity index (χ0n) is 10.9. The highest BCUT2D eigenvalue weighted by Crippen LogP contribution is 2.24. The van der Waals surface area contributed by atoms with E-state index < -0.39 is 0 Å². The maximum absolute atomic E-state index is 4.99. The second kappa shape index (κ2) is 7.89. The van der Waals surface area contributed by atoms with E-state index >= 15 is 0 Å². The first-order valence-electron chi connectivity index (χ1n) is 6.11. The Hall–Kier alpha value is -1.43. The van der Waals surface area contributed by atoms with Gasteiger partial charge in [-0.15, -0.1) is 0 Å². The van der Waals surface area contributed by atoms with Crippen LogP contribution in [0, 0.1) is 0 Å². The Morgan fingerprint density at radius 1 is 1.21 bits per heavy atom. The Morgan fingerprint density at radius 3 is 2.74 bits per heavy atom. The fourth-order valence-corrected chi connectivity index (χ4v) is 2.28. The Kier molecular flexibility index (Phi) is 5.81. The summed E-state index contributed by atoms with van der Waals surface area (Å²) >= 11 is 1.61. The fraction of sp³-hybridized carbons (Fsp3) is 0.286. The lowest BCUT2D eigenvalue weighted by Gasteiger charge is -2.05. The number of nitrogens with one attached hydrogen (secondary N) is 1. The Labute approximate surface area is 117 Å². The van der Waals surface area contributed by atoms with E-state index in [1.165, 1.54) is 10.5 Å². The molecular weight excluding hydrogens is 258 g/mol. The van der Waals surface area contributed by atoms with Crippen LogP contribution in [0.3, 0.4) is 0 Å². The van der Waals surface area contributed by atoms with Crippen molar-refractivity contribution in [3.8, 4) is 0 Å². The fourth-order valence-electron chi connectivity index (χ4n) is 1.54. The van der Waals surface area contributed by atoms with E-state index in [4.69, 9.17) is 4.74 Å². The lowest BCUT2D eigenvalue weighted by atomic mass is 10.2. The van der Waals surface area contributed by atoms with Gasteiger partial charge in [0.1, 0.15) is 5.03 Å². The minimum Gasteiger partial charge on any atom is -0.383 e. The van der Waals surface area contributed by atoms with Crippen molar-refractivity contribution in [2.24, 2.45) is 0 Å². The maximum atomic E-state index is 4.99. The molecule has 2 aromatic rings. The zero-order valence-corrected chi connectivity index (χ0v) is 11.7. The minimum absolute atomic E-state index is 0.737. The minimum atomic E-state index is 0.737. The molecule has 0 saturated heterocycles. The molecule has 4 nitrogen and oxygen atoms in total. The third-order valence-corrected chi connectivity index (χ3v) is 3.43. The summed E-state index contributed by atoms with van der Waals surface area (Å²) < 4.78 is 4.99. The molecule has 0 spiro atoms. The average molecular weight is 275 g/mol. The van der Waals surface area contributed by atoms with E-state index in [1.54, 1.807) is 37.5 Å². The maximum Gasteiger partial charge on any atom is 0.119 e. The van der Waals surface area contributed by atoms with Crippen LogP contribution in [0.5, 0.6) is 0 Å². The molecule has 0 fully saturated rings. The first-order valence-corrected chi connectivity index (χ1v) is 6.92. The summed E-state index contributed by atoms with van der Waals surface area (Å²) in [5.74, 6) is 0. The van der Waals surface area contributed by atoms with Crippen molar-refractivity contribution in [2.45, 2.75) is 16.5 Å². The van der Waals surface area contributed by atoms with Crippen LogP contribution in [-0.2, 0) is 11.3 Å². The smallest absolute Gasteiger partial charge is 0.119 e. The molecule has 0 aliphatic rings. The highest BCUT2D eigenvalue weighted by Gasteiger charge is 1.99. The molecule has 0 saturated carbocycles. The van der Waals surface area contributed by atoms with Gasteiger partial charge in [0, 0.05) is 37.5 Å². The number of benzene rings is 1. The van der Waals surface area contributed by atoms with Crippen molar-refractivity contribution >= 4 is 11.8 Å². The summed E-state index contributed by atoms with van der Waals surface area (Å²) in [7, 11) is 1.71. The molecule has 1 heterocycles. The van der Waals surface area contributed by atoms with Crippen LogP contribution in [0.15, 0.2) is 52.8 Å². The molecule has 5 heteroatoms. The average Bonchev–Trinajstić information content (AvgIpc) is 2.46. The van der Waals surface area contributed by atoms with Crippen LogP contribution >= 0.6 is 11.8 Å². The van der Waals surface area contributed by atoms with E-state index in [-0.39, 0.29) is 0 Å². The molecule has 0 atom stereocenters. The first kappa shape index (κ1) is 14.0. The normalized spacial score (nSPS) is 10.6. The van der Waals surface area contributed by atoms with Gasteiger partial charge in [0.15, 0.2) is 0 Å². The van der Waals surface area contributed by atoms with Gasteiger partial charge >= 0.3 is 0 Å². The van der Waals surface area contributed by atoms with Crippen molar-refractivity contribution in [3.05, 3.63) is 48.4 Å². The number of hydrogen-bond acceptors (Lipinski definition) is 5. The molecule has 100 valence electrons. The molecule has 0 bridgehead atoms. The van der Waals surface area contributed by atoms with E-state index in [0.29, 0.717) is 0 Å². The highest BCUT2D eigenvalue weighted by atomic mass is 32.2. The summed E-state index contributed by atoms with van der Waals surface area (Å²) in [6, 6.07) is 8.45. The van der Waals surface area contributed by atoms with Crippen molar-refractivity contribution < 1.29 is 4.74 Å². The highest BCUT2D eigenvalue weighted by molar-refractivity contribution is 7.99. The lowest BCUT2D eigenvalue weighted by molar-refractivity contribution is 0.199. The molecule has 0 amide bonds. The van der Waals surface area contributed by atoms with E-state index in [0.717, 1.165) is 24.7 Å². The summed E-state index contributed by atoms with van der Waals surface area (Å²) in [4.78, 5) is 9.46. The number of hydrogen-bond donors (Lipinski definition) is 1. The van der Waals surface area contributed by atoms with E-state index in [2.05, 4.69) is 39.6 Å². The van der Waals surface area contributed by atoms with Crippen LogP contribution in [-0.4, -0.2) is 30.2 Å². The van der Waals surface area contributed by atoms with Gasteiger partial charge in [-0.3, -0.25) is 4.98 Å². The van der Waals surface area contributed by atoms with Gasteiger partial charge in [-0.05, 0) is 17.7 Å². The lowest BCUT2D eigenvalue weighted by Crippen LogP contribution is -2.18. The van der Waals surface area contributed by atoms with Crippen molar-refractivity contribution in [1.29, 1.82) is 0 Å². The second-order valence-electron chi connectivity index (χ2n) is 3.96. The largest absolute Gasteiger partial charge is 0.383 e. The number of methoxy groups -OCH3 is 1. The summed E-state index contributed by atoms with van der Waals surface area (Å²) in [6.07, 6.45) is 5.15. The molecule has 1 N–H and O–H groups in total. The standard InChI is InChI=1S/C14H17N3OS/c1-18-9-8-16-10-12-2-4-13(5-3-12)19-14-11-15-6-7-17-14/h2-7,11,16H,8-10H2,1H3. The first-order chi connectivity index (χ1) is 9.38. The Morgan fingerprint density at radius 2 is 2.05 bits per heavy atom. The molecule has 0 aliphatic heterocycles. The molecule has 0 unspecified atom stereocenters. The van der Waals surface area contributed by atoms with Gasteiger partial charge in [0.05, 0.1) is 12.8 Å². The van der Waals surface area contributed by atoms with Crippen LogP contribution < -0.4 is 5.32 Å². The third kappa shape index (κ3) is 4.98. The van der Waals surface area contributed by atoms with Crippen LogP contribution in [0.25, 0.3) is 0 Å². The van der Waals surface area contributed by atoms with Gasteiger partial charge in [-0.1, -0.05) is 23.9 Å². The van der Waals surface area contributed by atoms with Crippen molar-refractivity contribution in [2.75, 3.05) is 20.3 Å². The number of rotatable bonds is 7. The SMILES string of the molecule is COCCNCc1ccc(Sc2cnccn2)cc1. The molecule has 0 radical (unpaired) electrons. The topological polar surface area (TPSA) is 47.0 Å². The van der Waals surface area contributed by atoms with E-state index in [9.17, 15) is 0 Å². The van der Waals surface area contributed by atoms with Gasteiger partial charge in [0.25, 0.3) is 0 Å². The number of ether oxygens (including phenoxy) is 1. The predicted octanol–water partition coefficient (Wildman–Crippen LogP) is 2.36. The van der Waals surface area contributed by atoms with Crippen LogP contribution in [0.2, 0.25) is 0 Å². The molecule has 19 heavy (non-hydrogen) atoms. The van der Waals surface area contributed by atoms with E-state index in [1.807, 2.05) is 0 Å². The van der Waals surface area contributed by atoms with Crippen LogP contribution in [0.1, 0.15) is 5.56 Å². The monoisotopic (exact) mass is 275 g/mol. The number of aromatic nitrogens is 2. The van der Waals surface area contributed by atoms with Crippen LogP contribution in [0.4, 0.5) is 0 Å². The predicted molar refractivity (Wildman–Crippen MR) is 76.2 cm³/mol. The Balaban J connectivity index is 1.84. The van der Waals surface area contributed by atoms with Crippen molar-refractivity contribution in [1.82, 2.24) is 15.3 Å². The summed E-state index contributed by atoms with van der Waals surface area (Å²) in [6.45, 7) is 2.46. The quantitative estimate of drug-likeness (QED) is 0.786. The molecular formula is C14H17N3OS. The third-order valence-electron chi connectivity index (χ3n) is 2.50. The summed E-state index contributed by atoms with van der Waals surface area (Å²) in [5.41, 5.74) is 1.26. The second-order valence-corrected chi connectivity index (χ2v) is 5.05. The Bertz CT molecular complexity index is 476. The molecule has 2 rings (SSSR count). The molecule has 1 aromatic carbocycles. The van der Waals surface area contributed by atoms with Gasteiger partial charge in [-0.25, -0.2) is 4.98 Å². The van der Waals surface area contributed by atoms with Gasteiger partial charge in [-0.2, -0.15) is 0 Å². The molecule has 1 aromatic heterocycles. The number of nitrogens with zero attached hydrogens (tertiary/aromatic N) is 2. The van der Waals surface area contributed by atoms with Gasteiger partial charge in [0.2, 0.25) is 0 Å².